The van der Waals surface area contributed by atoms with Crippen molar-refractivity contribution >= 4 is 16.4 Å². The number of fused-ring (bicyclic) bond motifs is 2. The number of halogens is 3. The van der Waals surface area contributed by atoms with Crippen LogP contribution in [0.1, 0.15) is 23.1 Å². The highest BCUT2D eigenvalue weighted by Gasteiger charge is 2.40. The van der Waals surface area contributed by atoms with Crippen molar-refractivity contribution in [2.45, 2.75) is 22.4 Å². The quantitative estimate of drug-likeness (QED) is 0.643. The maximum Gasteiger partial charge on any atom is 0.416 e. The van der Waals surface area contributed by atoms with Crippen LogP contribution < -0.4 is 0 Å². The Hall–Kier alpha value is -2.00. The van der Waals surface area contributed by atoms with Gasteiger partial charge >= 0.3 is 6.18 Å². The van der Waals surface area contributed by atoms with Crippen LogP contribution in [0.15, 0.2) is 57.8 Å². The van der Waals surface area contributed by atoms with Gasteiger partial charge in [0.05, 0.1) is 32.8 Å². The summed E-state index contributed by atoms with van der Waals surface area (Å²) in [4.78, 5) is 5.77. The first kappa shape index (κ1) is 21.8. The zero-order valence-electron chi connectivity index (χ0n) is 17.6. The van der Waals surface area contributed by atoms with Gasteiger partial charge in [-0.25, -0.2) is 4.21 Å². The number of hydrogen-bond donors (Lipinski definition) is 1. The Bertz CT molecular complexity index is 1090. The van der Waals surface area contributed by atoms with Crippen molar-refractivity contribution in [3.63, 3.8) is 0 Å². The molecule has 2 unspecified atom stereocenters. The summed E-state index contributed by atoms with van der Waals surface area (Å²) in [5.41, 5.74) is 2.55. The average molecular weight is 463 g/mol. The molecule has 2 aromatic rings. The lowest BCUT2D eigenvalue weighted by Gasteiger charge is -2.34. The molecule has 170 valence electrons. The molecular formula is C24H25F3N2O2S. The topological polar surface area (TPSA) is 43.8 Å². The zero-order valence-corrected chi connectivity index (χ0v) is 18.4. The highest BCUT2D eigenvalue weighted by atomic mass is 32.2. The Morgan fingerprint density at radius 1 is 0.969 bits per heavy atom. The van der Waals surface area contributed by atoms with Crippen LogP contribution in [-0.4, -0.2) is 65.0 Å². The van der Waals surface area contributed by atoms with E-state index >= 15 is 0 Å². The van der Waals surface area contributed by atoms with Gasteiger partial charge in [-0.15, -0.1) is 0 Å². The van der Waals surface area contributed by atoms with Crippen LogP contribution in [0.5, 0.6) is 0 Å². The van der Waals surface area contributed by atoms with Crippen molar-refractivity contribution in [3.05, 3.63) is 64.7 Å². The lowest BCUT2D eigenvalue weighted by atomic mass is 9.94. The third kappa shape index (κ3) is 4.05. The molecule has 32 heavy (non-hydrogen) atoms. The van der Waals surface area contributed by atoms with Crippen molar-refractivity contribution in [3.8, 4) is 0 Å². The van der Waals surface area contributed by atoms with E-state index in [1.807, 2.05) is 24.3 Å². The molecule has 2 heterocycles. The van der Waals surface area contributed by atoms with Crippen molar-refractivity contribution in [1.82, 2.24) is 9.80 Å². The molecule has 4 nitrogen and oxygen atoms in total. The SMILES string of the molecule is O=S1c2ccccc2/C(=C2\CC2CN2CCN(CCO)CC2)c2cc(C(F)(F)F)ccc21. The number of piperazine rings is 1. The fraction of sp³-hybridized carbons (Fsp3) is 0.417. The van der Waals surface area contributed by atoms with Crippen LogP contribution >= 0.6 is 0 Å². The lowest BCUT2D eigenvalue weighted by molar-refractivity contribution is -0.137. The van der Waals surface area contributed by atoms with Gasteiger partial charge in [-0.3, -0.25) is 4.90 Å². The minimum atomic E-state index is -4.44. The molecule has 0 spiro atoms. The van der Waals surface area contributed by atoms with E-state index in [0.717, 1.165) is 61.9 Å². The van der Waals surface area contributed by atoms with E-state index in [0.29, 0.717) is 27.8 Å². The Kier molecular flexibility index (Phi) is 5.73. The van der Waals surface area contributed by atoms with Crippen LogP contribution in [0.3, 0.4) is 0 Å². The Labute approximate surface area is 187 Å². The third-order valence-electron chi connectivity index (χ3n) is 6.61. The highest BCUT2D eigenvalue weighted by molar-refractivity contribution is 7.85. The molecule has 2 aliphatic heterocycles. The first-order valence-electron chi connectivity index (χ1n) is 10.9. The van der Waals surface area contributed by atoms with Crippen molar-refractivity contribution < 1.29 is 22.5 Å². The van der Waals surface area contributed by atoms with Gasteiger partial charge in [-0.2, -0.15) is 13.2 Å². The fourth-order valence-electron chi connectivity index (χ4n) is 4.84. The first-order valence-corrected chi connectivity index (χ1v) is 12.0. The summed E-state index contributed by atoms with van der Waals surface area (Å²) in [5, 5.41) is 9.11. The molecule has 0 radical (unpaired) electrons. The maximum atomic E-state index is 13.4. The molecule has 2 atom stereocenters. The largest absolute Gasteiger partial charge is 0.416 e. The van der Waals surface area contributed by atoms with E-state index in [9.17, 15) is 17.4 Å². The van der Waals surface area contributed by atoms with E-state index in [2.05, 4.69) is 9.80 Å². The molecular weight excluding hydrogens is 437 g/mol. The first-order chi connectivity index (χ1) is 15.4. The number of β-amino-alcohol motifs (C(OH)–C–C–N with tert-alkyl or cyclic N) is 1. The summed E-state index contributed by atoms with van der Waals surface area (Å²) in [7, 11) is -1.50. The Morgan fingerprint density at radius 2 is 1.66 bits per heavy atom. The summed E-state index contributed by atoms with van der Waals surface area (Å²) < 4.78 is 53.5. The number of nitrogens with zero attached hydrogens (tertiary/aromatic N) is 2. The molecule has 0 amide bonds. The lowest BCUT2D eigenvalue weighted by Crippen LogP contribution is -2.47. The van der Waals surface area contributed by atoms with Gasteiger partial charge in [0.1, 0.15) is 0 Å². The predicted molar refractivity (Wildman–Crippen MR) is 117 cm³/mol. The van der Waals surface area contributed by atoms with Gasteiger partial charge in [0.2, 0.25) is 0 Å². The van der Waals surface area contributed by atoms with Crippen LogP contribution in [0.2, 0.25) is 0 Å². The Balaban J connectivity index is 1.47. The highest BCUT2D eigenvalue weighted by Crippen LogP contribution is 2.51. The molecule has 5 rings (SSSR count). The molecule has 1 aliphatic carbocycles. The second-order valence-corrected chi connectivity index (χ2v) is 10.1. The molecule has 0 aromatic heterocycles. The van der Waals surface area contributed by atoms with E-state index in [1.54, 1.807) is 0 Å². The van der Waals surface area contributed by atoms with Gasteiger partial charge < -0.3 is 10.0 Å². The summed E-state index contributed by atoms with van der Waals surface area (Å²) >= 11 is 0. The molecule has 2 aromatic carbocycles. The van der Waals surface area contributed by atoms with Gasteiger partial charge in [0, 0.05) is 39.3 Å². The number of rotatable bonds is 4. The minimum Gasteiger partial charge on any atom is -0.395 e. The zero-order chi connectivity index (χ0) is 22.5. The molecule has 3 aliphatic rings. The second-order valence-electron chi connectivity index (χ2n) is 8.64. The minimum absolute atomic E-state index is 0.166. The van der Waals surface area contributed by atoms with E-state index in [4.69, 9.17) is 5.11 Å². The second kappa shape index (κ2) is 8.41. The standard InChI is InChI=1S/C24H25F3N2O2S/c25-24(26,27)17-5-6-22-20(14-17)23(18-3-1-2-4-21(18)32(22)31)19-13-16(19)15-29-9-7-28(8-10-29)11-12-30/h1-6,14,16,30H,7-13,15H2/b23-19-. The number of alkyl halides is 3. The monoisotopic (exact) mass is 462 g/mol. The van der Waals surface area contributed by atoms with E-state index in [1.165, 1.54) is 12.1 Å². The van der Waals surface area contributed by atoms with Crippen molar-refractivity contribution in [1.29, 1.82) is 0 Å². The number of hydrogen-bond acceptors (Lipinski definition) is 4. The number of aliphatic hydroxyl groups is 1. The maximum absolute atomic E-state index is 13.4. The van der Waals surface area contributed by atoms with Crippen molar-refractivity contribution in [2.24, 2.45) is 5.92 Å². The van der Waals surface area contributed by atoms with Crippen molar-refractivity contribution in [2.75, 3.05) is 45.9 Å². The molecule has 8 heteroatoms. The third-order valence-corrected chi connectivity index (χ3v) is 8.12. The predicted octanol–water partition coefficient (Wildman–Crippen LogP) is 3.62. The van der Waals surface area contributed by atoms with Gasteiger partial charge in [0.25, 0.3) is 0 Å². The fourth-order valence-corrected chi connectivity index (χ4v) is 6.21. The van der Waals surface area contributed by atoms with Gasteiger partial charge in [0.15, 0.2) is 0 Å². The van der Waals surface area contributed by atoms with E-state index in [-0.39, 0.29) is 6.61 Å². The van der Waals surface area contributed by atoms with Crippen LogP contribution in [0.4, 0.5) is 13.2 Å². The van der Waals surface area contributed by atoms with Crippen LogP contribution in [0, 0.1) is 5.92 Å². The normalized spacial score (nSPS) is 26.0. The van der Waals surface area contributed by atoms with Crippen LogP contribution in [-0.2, 0) is 17.0 Å². The summed E-state index contributed by atoms with van der Waals surface area (Å²) in [6.45, 7) is 5.42. The van der Waals surface area contributed by atoms with Gasteiger partial charge in [-0.1, -0.05) is 23.8 Å². The van der Waals surface area contributed by atoms with E-state index < -0.39 is 22.5 Å². The Morgan fingerprint density at radius 3 is 2.38 bits per heavy atom. The summed E-state index contributed by atoms with van der Waals surface area (Å²) in [6.07, 6.45) is -3.59. The summed E-state index contributed by atoms with van der Waals surface area (Å²) in [5.74, 6) is 0.302. The van der Waals surface area contributed by atoms with Crippen LogP contribution in [0.25, 0.3) is 5.57 Å². The summed E-state index contributed by atoms with van der Waals surface area (Å²) in [6, 6.07) is 10.9. The molecule has 1 saturated carbocycles. The number of benzene rings is 2. The molecule has 0 bridgehead atoms. The number of aliphatic hydroxyl groups excluding tert-OH is 1. The average Bonchev–Trinajstić information content (AvgIpc) is 3.53. The van der Waals surface area contributed by atoms with Gasteiger partial charge in [-0.05, 0) is 53.3 Å². The molecule has 1 N–H and O–H groups in total. The molecule has 2 fully saturated rings. The molecule has 1 saturated heterocycles. The smallest absolute Gasteiger partial charge is 0.395 e.